The first kappa shape index (κ1) is 16.0. The summed E-state index contributed by atoms with van der Waals surface area (Å²) in [5.74, 6) is 1.59. The highest BCUT2D eigenvalue weighted by Gasteiger charge is 2.06. The van der Waals surface area contributed by atoms with Crippen molar-refractivity contribution in [1.82, 2.24) is 9.97 Å². The molecule has 0 bridgehead atoms. The molecule has 0 saturated heterocycles. The van der Waals surface area contributed by atoms with Crippen LogP contribution in [0.5, 0.6) is 5.75 Å². The SMILES string of the molecule is Clc1ccc(COc2cccc(-c3nc4ccccc4[nH]3)c2)cc1Cl. The summed E-state index contributed by atoms with van der Waals surface area (Å²) in [6.45, 7) is 0.417. The van der Waals surface area contributed by atoms with Crippen molar-refractivity contribution in [3.05, 3.63) is 82.3 Å². The van der Waals surface area contributed by atoms with Gasteiger partial charge in [-0.2, -0.15) is 0 Å². The average Bonchev–Trinajstić information content (AvgIpc) is 3.07. The Morgan fingerprint density at radius 1 is 0.880 bits per heavy atom. The van der Waals surface area contributed by atoms with Crippen molar-refractivity contribution in [3.63, 3.8) is 0 Å². The molecule has 0 aliphatic rings. The van der Waals surface area contributed by atoms with Gasteiger partial charge in [-0.15, -0.1) is 0 Å². The summed E-state index contributed by atoms with van der Waals surface area (Å²) in [4.78, 5) is 7.95. The van der Waals surface area contributed by atoms with Gasteiger partial charge in [-0.1, -0.05) is 53.5 Å². The zero-order valence-corrected chi connectivity index (χ0v) is 14.7. The molecule has 4 rings (SSSR count). The fourth-order valence-electron chi connectivity index (χ4n) is 2.62. The highest BCUT2D eigenvalue weighted by Crippen LogP contribution is 2.26. The number of hydrogen-bond donors (Lipinski definition) is 1. The number of H-pyrrole nitrogens is 1. The van der Waals surface area contributed by atoms with Gasteiger partial charge in [0.2, 0.25) is 0 Å². The van der Waals surface area contributed by atoms with Gasteiger partial charge in [0.05, 0.1) is 21.1 Å². The van der Waals surface area contributed by atoms with Crippen LogP contribution < -0.4 is 4.74 Å². The smallest absolute Gasteiger partial charge is 0.138 e. The number of aromatic nitrogens is 2. The van der Waals surface area contributed by atoms with Crippen LogP contribution in [-0.2, 0) is 6.61 Å². The predicted molar refractivity (Wildman–Crippen MR) is 102 cm³/mol. The summed E-state index contributed by atoms with van der Waals surface area (Å²) in [6.07, 6.45) is 0. The molecule has 3 aromatic carbocycles. The molecule has 1 heterocycles. The molecule has 0 amide bonds. The highest BCUT2D eigenvalue weighted by molar-refractivity contribution is 6.42. The van der Waals surface area contributed by atoms with Crippen molar-refractivity contribution in [2.45, 2.75) is 6.61 Å². The molecule has 0 unspecified atom stereocenters. The maximum atomic E-state index is 6.04. The van der Waals surface area contributed by atoms with Gasteiger partial charge in [0.15, 0.2) is 0 Å². The van der Waals surface area contributed by atoms with Crippen molar-refractivity contribution in [2.24, 2.45) is 0 Å². The standard InChI is InChI=1S/C20H14Cl2N2O/c21-16-9-8-13(10-17(16)22)12-25-15-5-3-4-14(11-15)20-23-18-6-1-2-7-19(18)24-20/h1-11H,12H2,(H,23,24). The minimum Gasteiger partial charge on any atom is -0.489 e. The second-order valence-electron chi connectivity index (χ2n) is 5.67. The molecule has 5 heteroatoms. The van der Waals surface area contributed by atoms with Crippen LogP contribution >= 0.6 is 23.2 Å². The van der Waals surface area contributed by atoms with Gasteiger partial charge >= 0.3 is 0 Å². The van der Waals surface area contributed by atoms with Gasteiger partial charge in [0.1, 0.15) is 18.2 Å². The van der Waals surface area contributed by atoms with E-state index in [1.807, 2.05) is 60.7 Å². The van der Waals surface area contributed by atoms with E-state index in [9.17, 15) is 0 Å². The van der Waals surface area contributed by atoms with Crippen molar-refractivity contribution >= 4 is 34.2 Å². The molecule has 124 valence electrons. The fourth-order valence-corrected chi connectivity index (χ4v) is 2.94. The molecule has 0 fully saturated rings. The van der Waals surface area contributed by atoms with Crippen LogP contribution in [0.2, 0.25) is 10.0 Å². The fraction of sp³-hybridized carbons (Fsp3) is 0.0500. The van der Waals surface area contributed by atoms with Crippen molar-refractivity contribution in [3.8, 4) is 17.1 Å². The molecular formula is C20H14Cl2N2O. The second kappa shape index (κ2) is 6.79. The van der Waals surface area contributed by atoms with E-state index in [0.29, 0.717) is 16.7 Å². The van der Waals surface area contributed by atoms with Gasteiger partial charge in [-0.3, -0.25) is 0 Å². The highest BCUT2D eigenvalue weighted by atomic mass is 35.5. The van der Waals surface area contributed by atoms with E-state index in [4.69, 9.17) is 27.9 Å². The van der Waals surface area contributed by atoms with E-state index < -0.39 is 0 Å². The molecule has 1 aromatic heterocycles. The van der Waals surface area contributed by atoms with E-state index in [2.05, 4.69) is 9.97 Å². The zero-order chi connectivity index (χ0) is 17.2. The van der Waals surface area contributed by atoms with E-state index in [-0.39, 0.29) is 0 Å². The number of ether oxygens (including phenoxy) is 1. The van der Waals surface area contributed by atoms with Gasteiger partial charge in [0.25, 0.3) is 0 Å². The summed E-state index contributed by atoms with van der Waals surface area (Å²) in [5, 5.41) is 1.07. The minimum absolute atomic E-state index is 0.417. The summed E-state index contributed by atoms with van der Waals surface area (Å²) in [7, 11) is 0. The van der Waals surface area contributed by atoms with Gasteiger partial charge < -0.3 is 9.72 Å². The molecule has 0 aliphatic carbocycles. The molecule has 3 nitrogen and oxygen atoms in total. The number of hydrogen-bond acceptors (Lipinski definition) is 2. The third-order valence-electron chi connectivity index (χ3n) is 3.89. The number of para-hydroxylation sites is 2. The molecule has 0 aliphatic heterocycles. The van der Waals surface area contributed by atoms with Crippen LogP contribution in [0.3, 0.4) is 0 Å². The number of rotatable bonds is 4. The Morgan fingerprint density at radius 3 is 2.60 bits per heavy atom. The van der Waals surface area contributed by atoms with Crippen LogP contribution in [0.25, 0.3) is 22.4 Å². The largest absolute Gasteiger partial charge is 0.489 e. The lowest BCUT2D eigenvalue weighted by molar-refractivity contribution is 0.306. The molecule has 4 aromatic rings. The molecule has 1 N–H and O–H groups in total. The predicted octanol–water partition coefficient (Wildman–Crippen LogP) is 6.12. The number of halogens is 2. The monoisotopic (exact) mass is 368 g/mol. The maximum absolute atomic E-state index is 6.04. The first-order chi connectivity index (χ1) is 12.2. The normalized spacial score (nSPS) is 11.0. The Labute approximate surface area is 155 Å². The zero-order valence-electron chi connectivity index (χ0n) is 13.2. The van der Waals surface area contributed by atoms with Gasteiger partial charge in [-0.05, 0) is 42.0 Å². The molecule has 0 saturated carbocycles. The number of benzene rings is 3. The van der Waals surface area contributed by atoms with Gasteiger partial charge in [-0.25, -0.2) is 4.98 Å². The second-order valence-corrected chi connectivity index (χ2v) is 6.48. The van der Waals surface area contributed by atoms with Crippen LogP contribution in [0.15, 0.2) is 66.7 Å². The van der Waals surface area contributed by atoms with E-state index in [1.165, 1.54) is 0 Å². The Bertz CT molecular complexity index is 1010. The Kier molecular flexibility index (Phi) is 4.35. The maximum Gasteiger partial charge on any atom is 0.138 e. The summed E-state index contributed by atoms with van der Waals surface area (Å²) < 4.78 is 5.88. The number of fused-ring (bicyclic) bond motifs is 1. The van der Waals surface area contributed by atoms with Crippen LogP contribution in [-0.4, -0.2) is 9.97 Å². The van der Waals surface area contributed by atoms with E-state index >= 15 is 0 Å². The molecule has 25 heavy (non-hydrogen) atoms. The minimum atomic E-state index is 0.417. The lowest BCUT2D eigenvalue weighted by Gasteiger charge is -2.08. The molecular weight excluding hydrogens is 355 g/mol. The van der Waals surface area contributed by atoms with Gasteiger partial charge in [0, 0.05) is 5.56 Å². The lowest BCUT2D eigenvalue weighted by Crippen LogP contribution is -1.95. The summed E-state index contributed by atoms with van der Waals surface area (Å²) in [6, 6.07) is 21.3. The third-order valence-corrected chi connectivity index (χ3v) is 4.63. The van der Waals surface area contributed by atoms with Crippen LogP contribution in [0, 0.1) is 0 Å². The molecule has 0 atom stereocenters. The number of imidazole rings is 1. The van der Waals surface area contributed by atoms with Crippen molar-refractivity contribution in [1.29, 1.82) is 0 Å². The average molecular weight is 369 g/mol. The van der Waals surface area contributed by atoms with Crippen molar-refractivity contribution in [2.75, 3.05) is 0 Å². The first-order valence-electron chi connectivity index (χ1n) is 7.81. The Balaban J connectivity index is 1.55. The number of nitrogens with zero attached hydrogens (tertiary/aromatic N) is 1. The summed E-state index contributed by atoms with van der Waals surface area (Å²) in [5.41, 5.74) is 3.89. The number of aromatic amines is 1. The Morgan fingerprint density at radius 2 is 1.76 bits per heavy atom. The van der Waals surface area contributed by atoms with Crippen LogP contribution in [0.1, 0.15) is 5.56 Å². The summed E-state index contributed by atoms with van der Waals surface area (Å²) >= 11 is 12.0. The third kappa shape index (κ3) is 3.48. The topological polar surface area (TPSA) is 37.9 Å². The number of nitrogens with one attached hydrogen (secondary N) is 1. The van der Waals surface area contributed by atoms with Crippen molar-refractivity contribution < 1.29 is 4.74 Å². The van der Waals surface area contributed by atoms with Crippen LogP contribution in [0.4, 0.5) is 0 Å². The molecule has 0 spiro atoms. The lowest BCUT2D eigenvalue weighted by atomic mass is 10.2. The molecule has 0 radical (unpaired) electrons. The first-order valence-corrected chi connectivity index (χ1v) is 8.56. The quantitative estimate of drug-likeness (QED) is 0.471. The van der Waals surface area contributed by atoms with E-state index in [1.54, 1.807) is 6.07 Å². The van der Waals surface area contributed by atoms with E-state index in [0.717, 1.165) is 33.7 Å². The Hall–Kier alpha value is -2.49.